The highest BCUT2D eigenvalue weighted by atomic mass is 16.6. The first-order valence-corrected chi connectivity index (χ1v) is 11.3. The number of imidazole rings is 1. The SMILES string of the molecule is O=C1C(=O)N(CCCn2ccnc2)C(c2cccc([N+](=O)[O-])c2)/C1=C(/O)c1ccc2c(c1)OCCO2. The number of nitrogens with zero attached hydrogens (tertiary/aromatic N) is 4. The quantitative estimate of drug-likeness (QED) is 0.175. The number of ketones is 1. The number of likely N-dealkylation sites (tertiary alicyclic amines) is 1. The van der Waals surface area contributed by atoms with Gasteiger partial charge in [0.15, 0.2) is 11.5 Å². The molecule has 1 atom stereocenters. The van der Waals surface area contributed by atoms with Crippen molar-refractivity contribution in [1.29, 1.82) is 0 Å². The summed E-state index contributed by atoms with van der Waals surface area (Å²) in [5.41, 5.74) is 0.298. The standard InChI is InChI=1S/C25H22N4O7/c30-23(17-5-6-19-20(14-17)36-12-11-35-19)21-22(16-3-1-4-18(13-16)29(33)34)28(25(32)24(21)31)9-2-8-27-10-7-26-15-27/h1,3-7,10,13-15,22,30H,2,8-9,11-12H2/b23-21-. The minimum atomic E-state index is -0.999. The van der Waals surface area contributed by atoms with E-state index in [1.807, 2.05) is 4.57 Å². The zero-order valence-electron chi connectivity index (χ0n) is 19.1. The molecular formula is C25H22N4O7. The monoisotopic (exact) mass is 490 g/mol. The molecule has 2 aliphatic rings. The highest BCUT2D eigenvalue weighted by molar-refractivity contribution is 6.46. The second-order valence-corrected chi connectivity index (χ2v) is 8.36. The smallest absolute Gasteiger partial charge is 0.295 e. The Hall–Kier alpha value is -4.67. The van der Waals surface area contributed by atoms with Crippen molar-refractivity contribution in [1.82, 2.24) is 14.5 Å². The predicted molar refractivity (Wildman–Crippen MR) is 126 cm³/mol. The molecular weight excluding hydrogens is 468 g/mol. The van der Waals surface area contributed by atoms with Crippen LogP contribution in [0.3, 0.4) is 0 Å². The third-order valence-corrected chi connectivity index (χ3v) is 6.13. The molecule has 0 aliphatic carbocycles. The van der Waals surface area contributed by atoms with E-state index in [9.17, 15) is 24.8 Å². The van der Waals surface area contributed by atoms with E-state index in [1.165, 1.54) is 23.1 Å². The van der Waals surface area contributed by atoms with Gasteiger partial charge in [0.05, 0.1) is 22.9 Å². The van der Waals surface area contributed by atoms with Gasteiger partial charge in [0, 0.05) is 43.2 Å². The van der Waals surface area contributed by atoms with Crippen LogP contribution in [-0.2, 0) is 16.1 Å². The van der Waals surface area contributed by atoms with Crippen LogP contribution in [0.4, 0.5) is 5.69 Å². The van der Waals surface area contributed by atoms with Crippen molar-refractivity contribution >= 4 is 23.1 Å². The molecule has 2 aromatic carbocycles. The lowest BCUT2D eigenvalue weighted by Crippen LogP contribution is -2.31. The second-order valence-electron chi connectivity index (χ2n) is 8.36. The number of fused-ring (bicyclic) bond motifs is 1. The number of nitro groups is 1. The molecule has 11 nitrogen and oxygen atoms in total. The first-order valence-electron chi connectivity index (χ1n) is 11.3. The Morgan fingerprint density at radius 1 is 1.11 bits per heavy atom. The molecule has 0 radical (unpaired) electrons. The van der Waals surface area contributed by atoms with Crippen molar-refractivity contribution in [3.8, 4) is 11.5 Å². The van der Waals surface area contributed by atoms with Crippen molar-refractivity contribution in [2.24, 2.45) is 0 Å². The van der Waals surface area contributed by atoms with Gasteiger partial charge >= 0.3 is 0 Å². The maximum Gasteiger partial charge on any atom is 0.295 e. The summed E-state index contributed by atoms with van der Waals surface area (Å²) in [5.74, 6) is -1.11. The molecule has 3 aromatic rings. The highest BCUT2D eigenvalue weighted by Crippen LogP contribution is 2.41. The summed E-state index contributed by atoms with van der Waals surface area (Å²) in [6.45, 7) is 1.47. The Morgan fingerprint density at radius 3 is 2.67 bits per heavy atom. The molecule has 5 rings (SSSR count). The number of ether oxygens (including phenoxy) is 2. The molecule has 1 saturated heterocycles. The largest absolute Gasteiger partial charge is 0.507 e. The predicted octanol–water partition coefficient (Wildman–Crippen LogP) is 3.07. The summed E-state index contributed by atoms with van der Waals surface area (Å²) in [5, 5.41) is 22.7. The number of hydrogen-bond acceptors (Lipinski definition) is 8. The number of carbonyl (C=O) groups is 2. The van der Waals surface area contributed by atoms with Gasteiger partial charge in [-0.05, 0) is 30.2 Å². The number of aromatic nitrogens is 2. The van der Waals surface area contributed by atoms with Gasteiger partial charge in [-0.3, -0.25) is 19.7 Å². The number of nitro benzene ring substituents is 1. The molecule has 1 aromatic heterocycles. The van der Waals surface area contributed by atoms with E-state index in [-0.39, 0.29) is 29.1 Å². The number of hydrogen-bond donors (Lipinski definition) is 1. The summed E-state index contributed by atoms with van der Waals surface area (Å²) < 4.78 is 12.9. The summed E-state index contributed by atoms with van der Waals surface area (Å²) in [4.78, 5) is 42.5. The topological polar surface area (TPSA) is 137 Å². The van der Waals surface area contributed by atoms with E-state index in [2.05, 4.69) is 4.98 Å². The van der Waals surface area contributed by atoms with Crippen molar-refractivity contribution in [3.63, 3.8) is 0 Å². The average molecular weight is 490 g/mol. The average Bonchev–Trinajstić information content (AvgIpc) is 3.50. The molecule has 36 heavy (non-hydrogen) atoms. The van der Waals surface area contributed by atoms with Gasteiger partial charge in [-0.15, -0.1) is 0 Å². The number of rotatable bonds is 7. The van der Waals surface area contributed by atoms with Crippen LogP contribution in [0.5, 0.6) is 11.5 Å². The number of aryl methyl sites for hydroxylation is 1. The van der Waals surface area contributed by atoms with E-state index in [0.29, 0.717) is 43.2 Å². The lowest BCUT2D eigenvalue weighted by molar-refractivity contribution is -0.384. The molecule has 3 heterocycles. The highest BCUT2D eigenvalue weighted by Gasteiger charge is 2.46. The number of aliphatic hydroxyl groups is 1. The van der Waals surface area contributed by atoms with Gasteiger partial charge in [0.25, 0.3) is 17.4 Å². The molecule has 0 spiro atoms. The van der Waals surface area contributed by atoms with Crippen LogP contribution in [0.2, 0.25) is 0 Å². The molecule has 0 saturated carbocycles. The number of Topliss-reactive ketones (excluding diaryl/α,β-unsaturated/α-hetero) is 1. The van der Waals surface area contributed by atoms with Crippen LogP contribution in [0, 0.1) is 10.1 Å². The van der Waals surface area contributed by atoms with E-state index >= 15 is 0 Å². The van der Waals surface area contributed by atoms with Crippen LogP contribution in [0.25, 0.3) is 5.76 Å². The number of aliphatic hydroxyl groups excluding tert-OH is 1. The van der Waals surface area contributed by atoms with Gasteiger partial charge < -0.3 is 24.0 Å². The van der Waals surface area contributed by atoms with Crippen molar-refractivity contribution in [3.05, 3.63) is 88.0 Å². The van der Waals surface area contributed by atoms with Crippen LogP contribution >= 0.6 is 0 Å². The maximum absolute atomic E-state index is 13.2. The minimum absolute atomic E-state index is 0.139. The van der Waals surface area contributed by atoms with E-state index in [1.54, 1.807) is 43.0 Å². The van der Waals surface area contributed by atoms with Crippen LogP contribution < -0.4 is 9.47 Å². The van der Waals surface area contributed by atoms with Crippen molar-refractivity contribution in [2.45, 2.75) is 19.0 Å². The molecule has 1 N–H and O–H groups in total. The molecule has 0 bridgehead atoms. The van der Waals surface area contributed by atoms with Crippen LogP contribution in [-0.4, -0.2) is 55.9 Å². The Balaban J connectivity index is 1.56. The van der Waals surface area contributed by atoms with Crippen molar-refractivity contribution < 1.29 is 29.1 Å². The van der Waals surface area contributed by atoms with Gasteiger partial charge in [-0.2, -0.15) is 0 Å². The molecule has 1 unspecified atom stereocenters. The zero-order chi connectivity index (χ0) is 25.2. The van der Waals surface area contributed by atoms with E-state index in [0.717, 1.165) is 0 Å². The second kappa shape index (κ2) is 9.53. The molecule has 1 amide bonds. The zero-order valence-corrected chi connectivity index (χ0v) is 19.1. The third-order valence-electron chi connectivity index (χ3n) is 6.13. The van der Waals surface area contributed by atoms with Gasteiger partial charge in [0.1, 0.15) is 19.0 Å². The van der Waals surface area contributed by atoms with Gasteiger partial charge in [-0.25, -0.2) is 4.98 Å². The maximum atomic E-state index is 13.2. The first kappa shape index (κ1) is 23.1. The normalized spacial score (nSPS) is 18.4. The molecule has 1 fully saturated rings. The summed E-state index contributed by atoms with van der Waals surface area (Å²) in [6.07, 6.45) is 5.57. The number of carbonyl (C=O) groups excluding carboxylic acids is 2. The minimum Gasteiger partial charge on any atom is -0.507 e. The Morgan fingerprint density at radius 2 is 1.92 bits per heavy atom. The summed E-state index contributed by atoms with van der Waals surface area (Å²) in [6, 6.07) is 9.47. The fourth-order valence-corrected chi connectivity index (χ4v) is 4.45. The lowest BCUT2D eigenvalue weighted by atomic mass is 9.94. The first-order chi connectivity index (χ1) is 17.4. The number of non-ortho nitro benzene ring substituents is 1. The number of benzene rings is 2. The van der Waals surface area contributed by atoms with Gasteiger partial charge in [0.2, 0.25) is 0 Å². The Labute approximate surface area is 205 Å². The Bertz CT molecular complexity index is 1370. The van der Waals surface area contributed by atoms with Crippen molar-refractivity contribution in [2.75, 3.05) is 19.8 Å². The molecule has 11 heteroatoms. The van der Waals surface area contributed by atoms with Gasteiger partial charge in [-0.1, -0.05) is 12.1 Å². The van der Waals surface area contributed by atoms with E-state index in [4.69, 9.17) is 9.47 Å². The molecule has 2 aliphatic heterocycles. The Kier molecular flexibility index (Phi) is 6.11. The summed E-state index contributed by atoms with van der Waals surface area (Å²) >= 11 is 0. The molecule has 184 valence electrons. The number of amides is 1. The lowest BCUT2D eigenvalue weighted by Gasteiger charge is -2.25. The van der Waals surface area contributed by atoms with Crippen LogP contribution in [0.15, 0.2) is 66.8 Å². The van der Waals surface area contributed by atoms with E-state index < -0.39 is 22.7 Å². The third kappa shape index (κ3) is 4.26. The van der Waals surface area contributed by atoms with Crippen LogP contribution in [0.1, 0.15) is 23.6 Å². The summed E-state index contributed by atoms with van der Waals surface area (Å²) in [7, 11) is 0. The fourth-order valence-electron chi connectivity index (χ4n) is 4.45. The fraction of sp³-hybridized carbons (Fsp3) is 0.240.